The highest BCUT2D eigenvalue weighted by molar-refractivity contribution is 8.93. The average molecular weight is 631 g/mol. The highest BCUT2D eigenvalue weighted by Gasteiger charge is 2.11. The van der Waals surface area contributed by atoms with Crippen LogP contribution < -0.4 is 0 Å². The quantitative estimate of drug-likeness (QED) is 0.0873. The van der Waals surface area contributed by atoms with E-state index in [2.05, 4.69) is 44.7 Å². The van der Waals surface area contributed by atoms with Crippen molar-refractivity contribution in [2.24, 2.45) is 20.4 Å². The predicted molar refractivity (Wildman–Crippen MR) is 186 cm³/mol. The van der Waals surface area contributed by atoms with Crippen LogP contribution in [0.3, 0.4) is 0 Å². The molecule has 0 aliphatic heterocycles. The first kappa shape index (κ1) is 31.5. The van der Waals surface area contributed by atoms with Crippen molar-refractivity contribution >= 4 is 65.3 Å². The lowest BCUT2D eigenvalue weighted by Crippen LogP contribution is -1.96. The van der Waals surface area contributed by atoms with Crippen LogP contribution in [-0.4, -0.2) is 30.4 Å². The second-order valence-electron chi connectivity index (χ2n) is 8.85. The predicted octanol–water partition coefficient (Wildman–Crippen LogP) is 9.21. The minimum atomic E-state index is 0.166. The maximum absolute atomic E-state index is 10.2. The molecule has 0 atom stereocenters. The summed E-state index contributed by atoms with van der Waals surface area (Å²) in [5, 5.41) is 38.5. The van der Waals surface area contributed by atoms with Gasteiger partial charge in [-0.05, 0) is 70.8 Å². The Morgan fingerprint density at radius 2 is 0.857 bits per heavy atom. The van der Waals surface area contributed by atoms with Crippen LogP contribution in [0.4, 0.5) is 0 Å². The van der Waals surface area contributed by atoms with Crippen LogP contribution in [0, 0.1) is 0 Å². The zero-order valence-electron chi connectivity index (χ0n) is 23.1. The third-order valence-electron chi connectivity index (χ3n) is 5.75. The zero-order valence-corrected chi connectivity index (χ0v) is 26.4. The van der Waals surface area contributed by atoms with Crippen molar-refractivity contribution < 1.29 is 10.2 Å². The summed E-state index contributed by atoms with van der Waals surface area (Å²) >= 11 is 3.17. The largest absolute Gasteiger partial charge is 0.507 e. The van der Waals surface area contributed by atoms with Crippen LogP contribution in [0.15, 0.2) is 130 Å². The number of aromatic hydroxyl groups is 2. The number of benzene rings is 4. The highest BCUT2D eigenvalue weighted by atomic mass is 33.1. The van der Waals surface area contributed by atoms with Gasteiger partial charge in [0.15, 0.2) is 8.75 Å². The number of rotatable bonds is 8. The summed E-state index contributed by atoms with van der Waals surface area (Å²) in [4.78, 5) is 0. The molecule has 0 amide bonds. The van der Waals surface area contributed by atoms with E-state index in [0.29, 0.717) is 22.6 Å². The molecule has 0 bridgehead atoms. The highest BCUT2D eigenvalue weighted by Crippen LogP contribution is 2.36. The molecule has 0 unspecified atom stereocenters. The summed E-state index contributed by atoms with van der Waals surface area (Å²) in [5.41, 5.74) is 4.87. The molecule has 214 valence electrons. The van der Waals surface area contributed by atoms with Crippen LogP contribution >= 0.6 is 45.1 Å². The molecule has 42 heavy (non-hydrogen) atoms. The van der Waals surface area contributed by atoms with Gasteiger partial charge < -0.3 is 10.2 Å². The van der Waals surface area contributed by atoms with Gasteiger partial charge in [0, 0.05) is 22.6 Å². The van der Waals surface area contributed by atoms with Crippen molar-refractivity contribution in [2.45, 2.75) is 25.4 Å². The van der Waals surface area contributed by atoms with Gasteiger partial charge in [-0.2, -0.15) is 10.2 Å². The van der Waals surface area contributed by atoms with E-state index >= 15 is 0 Å². The minimum absolute atomic E-state index is 0.166. The van der Waals surface area contributed by atoms with Crippen LogP contribution in [-0.2, 0) is 11.5 Å². The maximum Gasteiger partial charge on any atom is 0.163 e. The second-order valence-corrected chi connectivity index (χ2v) is 13.4. The molecule has 0 aromatic heterocycles. The number of para-hydroxylation sites is 2. The molecule has 0 aliphatic rings. The molecule has 0 saturated heterocycles. The molecular formula is C32H30N4O2S4. The van der Waals surface area contributed by atoms with Crippen molar-refractivity contribution in [1.29, 1.82) is 0 Å². The smallest absolute Gasteiger partial charge is 0.163 e. The number of phenolic OH excluding ortho intramolecular Hbond substituents is 2. The van der Waals surface area contributed by atoms with E-state index in [1.807, 2.05) is 74.5 Å². The van der Waals surface area contributed by atoms with Crippen LogP contribution in [0.5, 0.6) is 11.5 Å². The van der Waals surface area contributed by atoms with E-state index in [1.165, 1.54) is 32.7 Å². The van der Waals surface area contributed by atoms with E-state index in [1.54, 1.807) is 47.8 Å². The standard InChI is InChI=1S/C32H30N4O2S4/c1-23(27-17-9-11-19-29(27)37)33-35-31(39-21-25-13-5-3-6-14-25)41-42-32(40-22-26-15-7-4-8-16-26)36-34-24(2)28-18-10-12-20-30(28)38/h3-20,37-38H,21-22H2,1-2H3/b33-23+,34-24+,35-31-,36-32-. The number of nitrogens with zero attached hydrogens (tertiary/aromatic N) is 4. The molecule has 4 rings (SSSR count). The summed E-state index contributed by atoms with van der Waals surface area (Å²) in [6.45, 7) is 3.66. The van der Waals surface area contributed by atoms with Gasteiger partial charge in [-0.3, -0.25) is 0 Å². The van der Waals surface area contributed by atoms with Gasteiger partial charge in [-0.15, -0.1) is 10.2 Å². The molecule has 0 saturated carbocycles. The molecular weight excluding hydrogens is 601 g/mol. The summed E-state index contributed by atoms with van der Waals surface area (Å²) in [6, 6.07) is 34.6. The van der Waals surface area contributed by atoms with Gasteiger partial charge >= 0.3 is 0 Å². The van der Waals surface area contributed by atoms with E-state index in [-0.39, 0.29) is 11.5 Å². The Morgan fingerprint density at radius 1 is 0.500 bits per heavy atom. The molecule has 0 aliphatic carbocycles. The Balaban J connectivity index is 1.57. The van der Waals surface area contributed by atoms with Crippen LogP contribution in [0.1, 0.15) is 36.1 Å². The van der Waals surface area contributed by atoms with Gasteiger partial charge in [0.25, 0.3) is 0 Å². The van der Waals surface area contributed by atoms with E-state index in [0.717, 1.165) is 20.3 Å². The Hall–Kier alpha value is -3.44. The van der Waals surface area contributed by atoms with Crippen molar-refractivity contribution in [2.75, 3.05) is 0 Å². The number of phenols is 2. The zero-order chi connectivity index (χ0) is 29.6. The lowest BCUT2D eigenvalue weighted by molar-refractivity contribution is 0.473. The topological polar surface area (TPSA) is 89.9 Å². The van der Waals surface area contributed by atoms with Gasteiger partial charge in [-0.1, -0.05) is 108 Å². The van der Waals surface area contributed by atoms with E-state index < -0.39 is 0 Å². The first-order valence-electron chi connectivity index (χ1n) is 13.0. The fraction of sp³-hybridized carbons (Fsp3) is 0.125. The van der Waals surface area contributed by atoms with Crippen LogP contribution in [0.2, 0.25) is 0 Å². The Morgan fingerprint density at radius 3 is 1.24 bits per heavy atom. The lowest BCUT2D eigenvalue weighted by Gasteiger charge is -2.07. The number of hydrogen-bond donors (Lipinski definition) is 2. The lowest BCUT2D eigenvalue weighted by atomic mass is 10.1. The molecule has 2 N–H and O–H groups in total. The summed E-state index contributed by atoms with van der Waals surface area (Å²) in [7, 11) is 2.93. The van der Waals surface area contributed by atoms with Crippen molar-refractivity contribution in [1.82, 2.24) is 0 Å². The molecule has 6 nitrogen and oxygen atoms in total. The molecule has 4 aromatic carbocycles. The fourth-order valence-electron chi connectivity index (χ4n) is 3.55. The van der Waals surface area contributed by atoms with E-state index in [4.69, 9.17) is 0 Å². The summed E-state index contributed by atoms with van der Waals surface area (Å²) < 4.78 is 1.49. The monoisotopic (exact) mass is 630 g/mol. The molecule has 10 heteroatoms. The summed E-state index contributed by atoms with van der Waals surface area (Å²) in [5.74, 6) is 1.79. The van der Waals surface area contributed by atoms with Crippen LogP contribution in [0.25, 0.3) is 0 Å². The number of hydrogen-bond acceptors (Lipinski definition) is 10. The second kappa shape index (κ2) is 16.9. The van der Waals surface area contributed by atoms with Gasteiger partial charge in [0.1, 0.15) is 11.5 Å². The molecule has 0 fully saturated rings. The average Bonchev–Trinajstić information content (AvgIpc) is 3.02. The Labute approximate surface area is 263 Å². The summed E-state index contributed by atoms with van der Waals surface area (Å²) in [6.07, 6.45) is 0. The first-order valence-corrected chi connectivity index (χ1v) is 17.1. The van der Waals surface area contributed by atoms with E-state index in [9.17, 15) is 10.2 Å². The normalized spacial score (nSPS) is 12.9. The Kier molecular flexibility index (Phi) is 12.6. The SMILES string of the molecule is C/C(=N\N=C(\SCc1ccccc1)SS/C(=N\N=C(/C)c1ccccc1O)SCc1ccccc1)c1ccccc1O. The number of thioether (sulfide) groups is 2. The van der Waals surface area contributed by atoms with Gasteiger partial charge in [-0.25, -0.2) is 0 Å². The maximum atomic E-state index is 10.2. The third kappa shape index (κ3) is 10.1. The molecule has 0 radical (unpaired) electrons. The molecule has 4 aromatic rings. The molecule has 0 spiro atoms. The van der Waals surface area contributed by atoms with Gasteiger partial charge in [0.05, 0.1) is 11.4 Å². The Bertz CT molecular complexity index is 1460. The fourth-order valence-corrected chi connectivity index (χ4v) is 7.85. The van der Waals surface area contributed by atoms with Crippen molar-refractivity contribution in [3.63, 3.8) is 0 Å². The first-order chi connectivity index (χ1) is 20.5. The molecule has 0 heterocycles. The van der Waals surface area contributed by atoms with Crippen molar-refractivity contribution in [3.8, 4) is 11.5 Å². The van der Waals surface area contributed by atoms with Gasteiger partial charge in [0.2, 0.25) is 0 Å². The van der Waals surface area contributed by atoms with Crippen molar-refractivity contribution in [3.05, 3.63) is 131 Å². The minimum Gasteiger partial charge on any atom is -0.507 e. The third-order valence-corrected chi connectivity index (χ3v) is 10.9.